The molecule has 0 amide bonds. The van der Waals surface area contributed by atoms with Crippen LogP contribution in [0.25, 0.3) is 16.9 Å². The molecule has 1 atom stereocenters. The van der Waals surface area contributed by atoms with E-state index in [1.165, 1.54) is 0 Å². The largest absolute Gasteiger partial charge is 0.368 e. The lowest BCUT2D eigenvalue weighted by Crippen LogP contribution is -2.49. The molecule has 1 N–H and O–H groups in total. The van der Waals surface area contributed by atoms with Crippen LogP contribution >= 0.6 is 0 Å². The molecule has 0 aromatic carbocycles. The van der Waals surface area contributed by atoms with Gasteiger partial charge < -0.3 is 10.2 Å². The lowest BCUT2D eigenvalue weighted by molar-refractivity contribution is 0.484. The molecule has 1 aliphatic rings. The van der Waals surface area contributed by atoms with Crippen LogP contribution in [0, 0.1) is 0 Å². The highest BCUT2D eigenvalue weighted by atomic mass is 16.1. The summed E-state index contributed by atoms with van der Waals surface area (Å²) in [5, 5.41) is 7.57. The Labute approximate surface area is 139 Å². The van der Waals surface area contributed by atoms with Crippen LogP contribution in [-0.4, -0.2) is 44.8 Å². The second-order valence-electron chi connectivity index (χ2n) is 6.30. The summed E-state index contributed by atoms with van der Waals surface area (Å²) >= 11 is 0. The zero-order chi connectivity index (χ0) is 16.7. The van der Waals surface area contributed by atoms with E-state index in [0.29, 0.717) is 17.4 Å². The topological polar surface area (TPSA) is 67.5 Å². The van der Waals surface area contributed by atoms with Crippen molar-refractivity contribution in [1.82, 2.24) is 24.5 Å². The van der Waals surface area contributed by atoms with Crippen LogP contribution < -0.4 is 15.8 Å². The van der Waals surface area contributed by atoms with Crippen molar-refractivity contribution in [2.45, 2.75) is 13.0 Å². The molecule has 4 heterocycles. The number of hydrogen-bond donors (Lipinski definition) is 1. The molecule has 0 spiro atoms. The number of nitrogens with zero attached hydrogens (tertiary/aromatic N) is 5. The van der Waals surface area contributed by atoms with Crippen LogP contribution in [0.15, 0.2) is 41.6 Å². The van der Waals surface area contributed by atoms with Crippen molar-refractivity contribution < 1.29 is 0 Å². The van der Waals surface area contributed by atoms with Crippen LogP contribution in [0.5, 0.6) is 0 Å². The molecular formula is C17H20N6O. The second kappa shape index (κ2) is 5.76. The minimum Gasteiger partial charge on any atom is -0.368 e. The molecule has 1 aliphatic heterocycles. The molecule has 0 saturated carbocycles. The van der Waals surface area contributed by atoms with Gasteiger partial charge in [-0.25, -0.2) is 4.98 Å². The highest BCUT2D eigenvalue weighted by molar-refractivity contribution is 5.61. The van der Waals surface area contributed by atoms with Crippen LogP contribution in [0.2, 0.25) is 0 Å². The van der Waals surface area contributed by atoms with Gasteiger partial charge in [0.15, 0.2) is 0 Å². The summed E-state index contributed by atoms with van der Waals surface area (Å²) in [7, 11) is 1.85. The van der Waals surface area contributed by atoms with Crippen LogP contribution in [0.1, 0.15) is 6.92 Å². The summed E-state index contributed by atoms with van der Waals surface area (Å²) in [6.45, 7) is 4.99. The Kier molecular flexibility index (Phi) is 3.57. The van der Waals surface area contributed by atoms with Crippen molar-refractivity contribution in [1.29, 1.82) is 0 Å². The third-order valence-corrected chi connectivity index (χ3v) is 4.38. The molecule has 24 heavy (non-hydrogen) atoms. The fourth-order valence-electron chi connectivity index (χ4n) is 3.15. The third kappa shape index (κ3) is 2.67. The zero-order valence-electron chi connectivity index (χ0n) is 13.8. The maximum atomic E-state index is 12.5. The van der Waals surface area contributed by atoms with Crippen molar-refractivity contribution in [2.75, 3.05) is 24.5 Å². The van der Waals surface area contributed by atoms with Crippen LogP contribution in [0.3, 0.4) is 0 Å². The third-order valence-electron chi connectivity index (χ3n) is 4.38. The summed E-state index contributed by atoms with van der Waals surface area (Å²) in [6, 6.07) is 5.95. The fourth-order valence-corrected chi connectivity index (χ4v) is 3.15. The first-order chi connectivity index (χ1) is 11.6. The van der Waals surface area contributed by atoms with Crippen LogP contribution in [-0.2, 0) is 7.05 Å². The lowest BCUT2D eigenvalue weighted by atomic mass is 10.2. The number of aryl methyl sites for hydroxylation is 1. The first-order valence-corrected chi connectivity index (χ1v) is 8.11. The molecule has 7 heteroatoms. The molecule has 4 rings (SSSR count). The van der Waals surface area contributed by atoms with Gasteiger partial charge in [-0.2, -0.15) is 5.10 Å². The zero-order valence-corrected chi connectivity index (χ0v) is 13.8. The van der Waals surface area contributed by atoms with E-state index < -0.39 is 0 Å². The van der Waals surface area contributed by atoms with Gasteiger partial charge in [-0.05, 0) is 19.1 Å². The standard InChI is InChI=1S/C17H20N6O/c1-12-9-22(6-5-18-12)14-3-4-16-20-15(7-17(24)23(16)11-14)13-8-19-21(2)10-13/h3-4,7-8,10-12,18H,5-6,9H2,1-2H3. The summed E-state index contributed by atoms with van der Waals surface area (Å²) < 4.78 is 3.31. The van der Waals surface area contributed by atoms with Gasteiger partial charge in [-0.3, -0.25) is 13.9 Å². The molecular weight excluding hydrogens is 304 g/mol. The first-order valence-electron chi connectivity index (χ1n) is 8.11. The number of pyridine rings is 1. The Morgan fingerprint density at radius 2 is 2.17 bits per heavy atom. The maximum Gasteiger partial charge on any atom is 0.258 e. The van der Waals surface area contributed by atoms with E-state index in [-0.39, 0.29) is 5.56 Å². The molecule has 0 radical (unpaired) electrons. The maximum absolute atomic E-state index is 12.5. The van der Waals surface area contributed by atoms with Gasteiger partial charge >= 0.3 is 0 Å². The van der Waals surface area contributed by atoms with E-state index in [9.17, 15) is 4.79 Å². The highest BCUT2D eigenvalue weighted by Crippen LogP contribution is 2.19. The van der Waals surface area contributed by atoms with Gasteiger partial charge in [0.2, 0.25) is 0 Å². The molecule has 3 aromatic rings. The summed E-state index contributed by atoms with van der Waals surface area (Å²) in [5.74, 6) is 0. The van der Waals surface area contributed by atoms with Crippen molar-refractivity contribution in [3.8, 4) is 11.3 Å². The van der Waals surface area contributed by atoms with Gasteiger partial charge in [-0.1, -0.05) is 0 Å². The average Bonchev–Trinajstić information content (AvgIpc) is 3.01. The van der Waals surface area contributed by atoms with E-state index in [1.807, 2.05) is 31.6 Å². The second-order valence-corrected chi connectivity index (χ2v) is 6.30. The van der Waals surface area contributed by atoms with Gasteiger partial charge in [0.25, 0.3) is 5.56 Å². The summed E-state index contributed by atoms with van der Waals surface area (Å²) in [5.41, 5.74) is 3.11. The molecule has 1 fully saturated rings. The predicted octanol–water partition coefficient (Wildman–Crippen LogP) is 0.893. The number of anilines is 1. The average molecular weight is 324 g/mol. The smallest absolute Gasteiger partial charge is 0.258 e. The first kappa shape index (κ1) is 14.9. The monoisotopic (exact) mass is 324 g/mol. The van der Waals surface area contributed by atoms with Crippen molar-refractivity contribution >= 4 is 11.3 Å². The summed E-state index contributed by atoms with van der Waals surface area (Å²) in [6.07, 6.45) is 5.46. The number of fused-ring (bicyclic) bond motifs is 1. The SMILES string of the molecule is CC1CN(c2ccc3nc(-c4cnn(C)c4)cc(=O)n3c2)CCN1. The Morgan fingerprint density at radius 1 is 1.29 bits per heavy atom. The number of nitrogens with one attached hydrogen (secondary N) is 1. The Morgan fingerprint density at radius 3 is 2.92 bits per heavy atom. The van der Waals surface area contributed by atoms with Gasteiger partial charge in [-0.15, -0.1) is 0 Å². The Hall–Kier alpha value is -2.67. The molecule has 124 valence electrons. The van der Waals surface area contributed by atoms with Crippen LogP contribution in [0.4, 0.5) is 5.69 Å². The van der Waals surface area contributed by atoms with Gasteiger partial charge in [0.05, 0.1) is 17.6 Å². The van der Waals surface area contributed by atoms with E-state index in [2.05, 4.69) is 27.2 Å². The van der Waals surface area contributed by atoms with Crippen molar-refractivity contribution in [3.63, 3.8) is 0 Å². The number of aromatic nitrogens is 4. The number of hydrogen-bond acceptors (Lipinski definition) is 5. The highest BCUT2D eigenvalue weighted by Gasteiger charge is 2.16. The Balaban J connectivity index is 1.75. The number of piperazine rings is 1. The van der Waals surface area contributed by atoms with E-state index in [0.717, 1.165) is 30.9 Å². The van der Waals surface area contributed by atoms with Crippen molar-refractivity contribution in [2.24, 2.45) is 7.05 Å². The van der Waals surface area contributed by atoms with E-state index in [1.54, 1.807) is 21.3 Å². The molecule has 1 saturated heterocycles. The van der Waals surface area contributed by atoms with E-state index >= 15 is 0 Å². The predicted molar refractivity (Wildman–Crippen MR) is 93.3 cm³/mol. The molecule has 1 unspecified atom stereocenters. The molecule has 0 aliphatic carbocycles. The minimum atomic E-state index is -0.0797. The minimum absolute atomic E-state index is 0.0797. The quantitative estimate of drug-likeness (QED) is 0.758. The van der Waals surface area contributed by atoms with Gasteiger partial charge in [0, 0.05) is 56.7 Å². The van der Waals surface area contributed by atoms with Gasteiger partial charge in [0.1, 0.15) is 5.65 Å². The molecule has 7 nitrogen and oxygen atoms in total. The normalized spacial score (nSPS) is 18.2. The molecule has 3 aromatic heterocycles. The fraction of sp³-hybridized carbons (Fsp3) is 0.353. The van der Waals surface area contributed by atoms with E-state index in [4.69, 9.17) is 0 Å². The molecule has 0 bridgehead atoms. The van der Waals surface area contributed by atoms with Crippen molar-refractivity contribution in [3.05, 3.63) is 47.1 Å². The number of rotatable bonds is 2. The summed E-state index contributed by atoms with van der Waals surface area (Å²) in [4.78, 5) is 19.4. The lowest BCUT2D eigenvalue weighted by Gasteiger charge is -2.33. The Bertz CT molecular complexity index is 944.